The Hall–Kier alpha value is -2.18. The predicted octanol–water partition coefficient (Wildman–Crippen LogP) is 1.50. The van der Waals surface area contributed by atoms with Gasteiger partial charge in [-0.2, -0.15) is 9.97 Å². The van der Waals surface area contributed by atoms with Gasteiger partial charge in [0.15, 0.2) is 5.83 Å². The molecule has 3 rings (SSSR count). The van der Waals surface area contributed by atoms with Crippen molar-refractivity contribution in [3.63, 3.8) is 0 Å². The molecule has 124 valence electrons. The minimum atomic E-state index is -0.903. The molecule has 6 nitrogen and oxygen atoms in total. The van der Waals surface area contributed by atoms with Gasteiger partial charge < -0.3 is 14.5 Å². The molecular formula is C16H21FN4O2. The van der Waals surface area contributed by atoms with Crippen LogP contribution in [0.4, 0.5) is 10.2 Å². The number of hydrogen-bond donors (Lipinski definition) is 0. The summed E-state index contributed by atoms with van der Waals surface area (Å²) < 4.78 is 18.2. The normalized spacial score (nSPS) is 17.7. The highest BCUT2D eigenvalue weighted by Gasteiger charge is 2.27. The number of aromatic nitrogens is 2. The third-order valence-electron chi connectivity index (χ3n) is 4.42. The zero-order chi connectivity index (χ0) is 16.4. The highest BCUT2D eigenvalue weighted by atomic mass is 19.1. The highest BCUT2D eigenvalue weighted by Crippen LogP contribution is 2.30. The molecule has 1 amide bonds. The van der Waals surface area contributed by atoms with Gasteiger partial charge >= 0.3 is 6.01 Å². The number of piperazine rings is 1. The number of halogens is 1. The van der Waals surface area contributed by atoms with Crippen LogP contribution in [0.25, 0.3) is 0 Å². The van der Waals surface area contributed by atoms with Gasteiger partial charge in [0.1, 0.15) is 5.82 Å². The Labute approximate surface area is 135 Å². The number of fused-ring (bicyclic) bond motifs is 1. The summed E-state index contributed by atoms with van der Waals surface area (Å²) >= 11 is 0. The van der Waals surface area contributed by atoms with Crippen LogP contribution in [0.1, 0.15) is 24.1 Å². The van der Waals surface area contributed by atoms with Crippen molar-refractivity contribution in [1.82, 2.24) is 14.9 Å². The van der Waals surface area contributed by atoms with E-state index >= 15 is 0 Å². The van der Waals surface area contributed by atoms with E-state index in [0.717, 1.165) is 37.2 Å². The molecule has 1 aliphatic carbocycles. The predicted molar refractivity (Wildman–Crippen MR) is 84.3 cm³/mol. The Bertz CT molecular complexity index is 627. The van der Waals surface area contributed by atoms with Crippen molar-refractivity contribution in [1.29, 1.82) is 0 Å². The smallest absolute Gasteiger partial charge is 0.318 e. The van der Waals surface area contributed by atoms with Gasteiger partial charge in [0.25, 0.3) is 5.91 Å². The van der Waals surface area contributed by atoms with E-state index in [-0.39, 0.29) is 0 Å². The Kier molecular flexibility index (Phi) is 4.45. The summed E-state index contributed by atoms with van der Waals surface area (Å²) in [5.74, 6) is -0.621. The Morgan fingerprint density at radius 2 is 1.87 bits per heavy atom. The van der Waals surface area contributed by atoms with Crippen LogP contribution in [0.5, 0.6) is 6.01 Å². The monoisotopic (exact) mass is 320 g/mol. The number of aryl methyl sites for hydroxylation is 1. The molecule has 7 heteroatoms. The van der Waals surface area contributed by atoms with Crippen molar-refractivity contribution < 1.29 is 13.9 Å². The van der Waals surface area contributed by atoms with Gasteiger partial charge in [0, 0.05) is 31.7 Å². The van der Waals surface area contributed by atoms with Gasteiger partial charge in [-0.05, 0) is 25.7 Å². The van der Waals surface area contributed by atoms with Crippen molar-refractivity contribution in [3.8, 4) is 6.01 Å². The van der Waals surface area contributed by atoms with Gasteiger partial charge in [-0.25, -0.2) is 4.39 Å². The van der Waals surface area contributed by atoms with Crippen LogP contribution >= 0.6 is 0 Å². The molecule has 1 aromatic heterocycles. The van der Waals surface area contributed by atoms with Crippen LogP contribution in [-0.4, -0.2) is 54.1 Å². The largest absolute Gasteiger partial charge is 0.467 e. The van der Waals surface area contributed by atoms with Gasteiger partial charge in [-0.15, -0.1) is 0 Å². The minimum absolute atomic E-state index is 0.385. The maximum absolute atomic E-state index is 13.0. The molecule has 1 saturated heterocycles. The van der Waals surface area contributed by atoms with Crippen molar-refractivity contribution in [3.05, 3.63) is 23.7 Å². The molecule has 0 saturated carbocycles. The second kappa shape index (κ2) is 6.52. The van der Waals surface area contributed by atoms with E-state index in [9.17, 15) is 9.18 Å². The summed E-state index contributed by atoms with van der Waals surface area (Å²) in [4.78, 5) is 24.3. The number of anilines is 1. The lowest BCUT2D eigenvalue weighted by Crippen LogP contribution is -2.49. The molecule has 0 spiro atoms. The molecule has 0 atom stereocenters. The number of carbonyl (C=O) groups is 1. The SMILES string of the molecule is C=C(F)C(=O)N1CCN(c2nc(OC)nc3c2CCCC3)CC1. The van der Waals surface area contributed by atoms with E-state index in [0.29, 0.717) is 32.2 Å². The first kappa shape index (κ1) is 15.7. The molecule has 2 heterocycles. The topological polar surface area (TPSA) is 58.6 Å². The summed E-state index contributed by atoms with van der Waals surface area (Å²) in [6, 6.07) is 0.385. The third-order valence-corrected chi connectivity index (χ3v) is 4.42. The van der Waals surface area contributed by atoms with Gasteiger partial charge in [-0.1, -0.05) is 6.58 Å². The van der Waals surface area contributed by atoms with E-state index in [1.807, 2.05) is 0 Å². The Balaban J connectivity index is 1.80. The van der Waals surface area contributed by atoms with E-state index in [1.165, 1.54) is 10.5 Å². The van der Waals surface area contributed by atoms with Crippen LogP contribution in [0, 0.1) is 0 Å². The first-order chi connectivity index (χ1) is 11.1. The summed E-state index contributed by atoms with van der Waals surface area (Å²) in [5, 5.41) is 0. The van der Waals surface area contributed by atoms with Crippen molar-refractivity contribution in [2.24, 2.45) is 0 Å². The van der Waals surface area contributed by atoms with Gasteiger partial charge in [0.2, 0.25) is 0 Å². The standard InChI is InChI=1S/C16H21FN4O2/c1-11(17)15(22)21-9-7-20(8-10-21)14-12-5-3-4-6-13(12)18-16(19-14)23-2/h1,3-10H2,2H3. The molecule has 1 aromatic rings. The first-order valence-corrected chi connectivity index (χ1v) is 7.92. The fraction of sp³-hybridized carbons (Fsp3) is 0.562. The third kappa shape index (κ3) is 3.13. The molecule has 23 heavy (non-hydrogen) atoms. The van der Waals surface area contributed by atoms with Crippen molar-refractivity contribution >= 4 is 11.7 Å². The lowest BCUT2D eigenvalue weighted by atomic mass is 9.96. The molecule has 1 aliphatic heterocycles. The van der Waals surface area contributed by atoms with E-state index in [2.05, 4.69) is 21.4 Å². The number of rotatable bonds is 3. The molecule has 1 fully saturated rings. The van der Waals surface area contributed by atoms with E-state index in [4.69, 9.17) is 4.74 Å². The number of ether oxygens (including phenoxy) is 1. The van der Waals surface area contributed by atoms with E-state index < -0.39 is 11.7 Å². The summed E-state index contributed by atoms with van der Waals surface area (Å²) in [6.45, 7) is 5.23. The van der Waals surface area contributed by atoms with Crippen LogP contribution in [0.2, 0.25) is 0 Å². The number of nitrogens with zero attached hydrogens (tertiary/aromatic N) is 4. The highest BCUT2D eigenvalue weighted by molar-refractivity contribution is 5.90. The second-order valence-electron chi connectivity index (χ2n) is 5.85. The lowest BCUT2D eigenvalue weighted by molar-refractivity contribution is -0.128. The zero-order valence-electron chi connectivity index (χ0n) is 13.3. The summed E-state index contributed by atoms with van der Waals surface area (Å²) in [5.41, 5.74) is 2.25. The second-order valence-corrected chi connectivity index (χ2v) is 5.85. The molecular weight excluding hydrogens is 299 g/mol. The molecule has 2 aliphatic rings. The van der Waals surface area contributed by atoms with Crippen LogP contribution < -0.4 is 9.64 Å². The molecule has 0 bridgehead atoms. The maximum Gasteiger partial charge on any atom is 0.318 e. The molecule has 0 unspecified atom stereocenters. The van der Waals surface area contributed by atoms with Gasteiger partial charge in [0.05, 0.1) is 12.8 Å². The Morgan fingerprint density at radius 3 is 2.52 bits per heavy atom. The van der Waals surface area contributed by atoms with Crippen molar-refractivity contribution in [2.45, 2.75) is 25.7 Å². The number of amides is 1. The fourth-order valence-corrected chi connectivity index (χ4v) is 3.20. The van der Waals surface area contributed by atoms with Crippen LogP contribution in [0.3, 0.4) is 0 Å². The molecule has 0 radical (unpaired) electrons. The first-order valence-electron chi connectivity index (χ1n) is 7.92. The van der Waals surface area contributed by atoms with E-state index in [1.54, 1.807) is 7.11 Å². The average Bonchev–Trinajstić information content (AvgIpc) is 2.60. The van der Waals surface area contributed by atoms with Crippen molar-refractivity contribution in [2.75, 3.05) is 38.2 Å². The lowest BCUT2D eigenvalue weighted by Gasteiger charge is -2.36. The summed E-state index contributed by atoms with van der Waals surface area (Å²) in [7, 11) is 1.57. The van der Waals surface area contributed by atoms with Crippen LogP contribution in [0.15, 0.2) is 12.4 Å². The number of carbonyl (C=O) groups excluding carboxylic acids is 1. The number of hydrogen-bond acceptors (Lipinski definition) is 5. The maximum atomic E-state index is 13.0. The zero-order valence-corrected chi connectivity index (χ0v) is 13.3. The average molecular weight is 320 g/mol. The summed E-state index contributed by atoms with van der Waals surface area (Å²) in [6.07, 6.45) is 4.18. The Morgan fingerprint density at radius 1 is 1.17 bits per heavy atom. The fourth-order valence-electron chi connectivity index (χ4n) is 3.20. The quantitative estimate of drug-likeness (QED) is 0.790. The number of methoxy groups -OCH3 is 1. The van der Waals surface area contributed by atoms with Crippen LogP contribution in [-0.2, 0) is 17.6 Å². The molecule has 0 N–H and O–H groups in total. The molecule has 0 aromatic carbocycles. The van der Waals surface area contributed by atoms with Gasteiger partial charge in [-0.3, -0.25) is 4.79 Å². The minimum Gasteiger partial charge on any atom is -0.467 e.